The summed E-state index contributed by atoms with van der Waals surface area (Å²) in [6.45, 7) is 3.25. The van der Waals surface area contributed by atoms with E-state index in [9.17, 15) is 9.59 Å². The molecule has 0 saturated heterocycles. The van der Waals surface area contributed by atoms with Crippen molar-refractivity contribution in [2.45, 2.75) is 31.9 Å². The number of hydrogen-bond donors (Lipinski definition) is 4. The normalized spacial score (nSPS) is 13.0. The first-order valence-corrected chi connectivity index (χ1v) is 5.25. The highest BCUT2D eigenvalue weighted by Gasteiger charge is 2.26. The van der Waals surface area contributed by atoms with Crippen molar-refractivity contribution in [3.05, 3.63) is 0 Å². The summed E-state index contributed by atoms with van der Waals surface area (Å²) in [6.07, 6.45) is -1.54. The Morgan fingerprint density at radius 3 is 2.35 bits per heavy atom. The van der Waals surface area contributed by atoms with Crippen LogP contribution < -0.4 is 5.32 Å². The van der Waals surface area contributed by atoms with Crippen LogP contribution in [0.15, 0.2) is 0 Å². The highest BCUT2D eigenvalue weighted by molar-refractivity contribution is 5.75. The second-order valence-corrected chi connectivity index (χ2v) is 4.40. The molecule has 0 rings (SSSR count). The third kappa shape index (κ3) is 5.01. The van der Waals surface area contributed by atoms with Crippen LogP contribution in [0.2, 0.25) is 0 Å². The Bertz CT molecular complexity index is 280. The van der Waals surface area contributed by atoms with Gasteiger partial charge < -0.3 is 25.5 Å². The van der Waals surface area contributed by atoms with Crippen molar-refractivity contribution in [3.63, 3.8) is 0 Å². The number of likely N-dealkylation sites (N-methyl/N-ethyl adjacent to an activating group) is 1. The molecule has 1 unspecified atom stereocenters. The fraction of sp³-hybridized carbons (Fsp3) is 0.800. The average molecular weight is 248 g/mol. The molecule has 0 saturated carbocycles. The number of carboxylic acid groups (broad SMARTS) is 1. The van der Waals surface area contributed by atoms with Gasteiger partial charge in [-0.25, -0.2) is 9.59 Å². The van der Waals surface area contributed by atoms with Crippen molar-refractivity contribution in [3.8, 4) is 0 Å². The molecular weight excluding hydrogens is 228 g/mol. The van der Waals surface area contributed by atoms with Gasteiger partial charge >= 0.3 is 12.0 Å². The van der Waals surface area contributed by atoms with E-state index < -0.39 is 23.6 Å². The van der Waals surface area contributed by atoms with E-state index in [1.54, 1.807) is 13.8 Å². The number of aliphatic carboxylic acids is 1. The number of aliphatic hydroxyl groups excluding tert-OH is 2. The minimum absolute atomic E-state index is 0.0537. The minimum atomic E-state index is -1.48. The Kier molecular flexibility index (Phi) is 5.90. The molecule has 7 heteroatoms. The van der Waals surface area contributed by atoms with Gasteiger partial charge in [-0.2, -0.15) is 0 Å². The number of hydrogen-bond acceptors (Lipinski definition) is 4. The van der Waals surface area contributed by atoms with Gasteiger partial charge in [0, 0.05) is 20.0 Å². The van der Waals surface area contributed by atoms with Crippen molar-refractivity contribution in [2.24, 2.45) is 0 Å². The summed E-state index contributed by atoms with van der Waals surface area (Å²) in [5.74, 6) is -1.32. The third-order valence-electron chi connectivity index (χ3n) is 2.58. The molecule has 0 aromatic heterocycles. The molecule has 0 aliphatic rings. The summed E-state index contributed by atoms with van der Waals surface area (Å²) in [5.41, 5.74) is -0.699. The van der Waals surface area contributed by atoms with Crippen LogP contribution in [-0.2, 0) is 4.79 Å². The minimum Gasteiger partial charge on any atom is -0.479 e. The van der Waals surface area contributed by atoms with Crippen LogP contribution in [0.25, 0.3) is 0 Å². The lowest BCUT2D eigenvalue weighted by Gasteiger charge is -2.33. The van der Waals surface area contributed by atoms with E-state index in [-0.39, 0.29) is 19.6 Å². The van der Waals surface area contributed by atoms with Crippen LogP contribution in [0, 0.1) is 0 Å². The van der Waals surface area contributed by atoms with Crippen molar-refractivity contribution < 1.29 is 24.9 Å². The van der Waals surface area contributed by atoms with E-state index in [1.807, 2.05) is 0 Å². The maximum absolute atomic E-state index is 11.6. The summed E-state index contributed by atoms with van der Waals surface area (Å²) in [4.78, 5) is 23.2. The number of urea groups is 1. The van der Waals surface area contributed by atoms with Crippen molar-refractivity contribution in [1.82, 2.24) is 10.2 Å². The van der Waals surface area contributed by atoms with Gasteiger partial charge in [-0.05, 0) is 13.8 Å². The van der Waals surface area contributed by atoms with E-state index in [0.717, 1.165) is 0 Å². The van der Waals surface area contributed by atoms with Crippen LogP contribution in [0.5, 0.6) is 0 Å². The van der Waals surface area contributed by atoms with E-state index in [2.05, 4.69) is 5.32 Å². The molecule has 0 aliphatic carbocycles. The predicted octanol–water partition coefficient (Wildman–Crippen LogP) is -0.766. The van der Waals surface area contributed by atoms with E-state index >= 15 is 0 Å². The molecule has 0 fully saturated rings. The SMILES string of the molecule is CN(C(=O)NCCC(O)C(=O)O)C(C)(C)CO. The molecule has 7 nitrogen and oxygen atoms in total. The van der Waals surface area contributed by atoms with Crippen molar-refractivity contribution in [1.29, 1.82) is 0 Å². The fourth-order valence-corrected chi connectivity index (χ4v) is 0.939. The van der Waals surface area contributed by atoms with Crippen LogP contribution in [0.4, 0.5) is 4.79 Å². The van der Waals surface area contributed by atoms with E-state index in [0.29, 0.717) is 0 Å². The van der Waals surface area contributed by atoms with Crippen LogP contribution in [0.3, 0.4) is 0 Å². The zero-order valence-corrected chi connectivity index (χ0v) is 10.3. The molecule has 17 heavy (non-hydrogen) atoms. The first-order valence-electron chi connectivity index (χ1n) is 5.25. The Morgan fingerprint density at radius 2 is 1.94 bits per heavy atom. The lowest BCUT2D eigenvalue weighted by molar-refractivity contribution is -0.146. The molecule has 0 radical (unpaired) electrons. The fourth-order valence-electron chi connectivity index (χ4n) is 0.939. The van der Waals surface area contributed by atoms with Gasteiger partial charge in [0.15, 0.2) is 6.10 Å². The summed E-state index contributed by atoms with van der Waals surface area (Å²) >= 11 is 0. The van der Waals surface area contributed by atoms with Gasteiger partial charge in [-0.15, -0.1) is 0 Å². The van der Waals surface area contributed by atoms with Gasteiger partial charge in [0.05, 0.1) is 12.1 Å². The van der Waals surface area contributed by atoms with E-state index in [4.69, 9.17) is 15.3 Å². The number of carbonyl (C=O) groups excluding carboxylic acids is 1. The molecule has 0 heterocycles. The second-order valence-electron chi connectivity index (χ2n) is 4.40. The number of aliphatic hydroxyl groups is 2. The van der Waals surface area contributed by atoms with Gasteiger partial charge in [0.1, 0.15) is 0 Å². The highest BCUT2D eigenvalue weighted by Crippen LogP contribution is 2.10. The van der Waals surface area contributed by atoms with Gasteiger partial charge in [-0.3, -0.25) is 0 Å². The lowest BCUT2D eigenvalue weighted by atomic mass is 10.1. The Morgan fingerprint density at radius 1 is 1.41 bits per heavy atom. The lowest BCUT2D eigenvalue weighted by Crippen LogP contribution is -2.52. The number of rotatable bonds is 6. The molecule has 0 bridgehead atoms. The Labute approximate surface area is 100 Å². The molecule has 0 aromatic rings. The zero-order chi connectivity index (χ0) is 13.6. The van der Waals surface area contributed by atoms with Gasteiger partial charge in [-0.1, -0.05) is 0 Å². The third-order valence-corrected chi connectivity index (χ3v) is 2.58. The van der Waals surface area contributed by atoms with Crippen LogP contribution in [-0.4, -0.2) is 64.1 Å². The largest absolute Gasteiger partial charge is 0.479 e. The van der Waals surface area contributed by atoms with Gasteiger partial charge in [0.25, 0.3) is 0 Å². The molecule has 4 N–H and O–H groups in total. The maximum atomic E-state index is 11.6. The molecule has 0 spiro atoms. The second kappa shape index (κ2) is 6.41. The zero-order valence-electron chi connectivity index (χ0n) is 10.3. The van der Waals surface area contributed by atoms with Crippen molar-refractivity contribution >= 4 is 12.0 Å². The van der Waals surface area contributed by atoms with E-state index in [1.165, 1.54) is 11.9 Å². The molecule has 100 valence electrons. The quantitative estimate of drug-likeness (QED) is 0.493. The standard InChI is InChI=1S/C10H20N2O5/c1-10(2,6-13)12(3)9(17)11-5-4-7(14)8(15)16/h7,13-14H,4-6H2,1-3H3,(H,11,17)(H,15,16). The van der Waals surface area contributed by atoms with Crippen LogP contribution >= 0.6 is 0 Å². The highest BCUT2D eigenvalue weighted by atomic mass is 16.4. The molecule has 2 amide bonds. The Balaban J connectivity index is 4.07. The van der Waals surface area contributed by atoms with Crippen LogP contribution in [0.1, 0.15) is 20.3 Å². The molecule has 1 atom stereocenters. The molecule has 0 aromatic carbocycles. The number of nitrogens with one attached hydrogen (secondary N) is 1. The predicted molar refractivity (Wildman–Crippen MR) is 60.6 cm³/mol. The number of nitrogens with zero attached hydrogens (tertiary/aromatic N) is 1. The average Bonchev–Trinajstić information content (AvgIpc) is 2.27. The molecular formula is C10H20N2O5. The summed E-state index contributed by atoms with van der Waals surface area (Å²) in [6, 6.07) is -0.429. The van der Waals surface area contributed by atoms with Crippen molar-refractivity contribution in [2.75, 3.05) is 20.2 Å². The smallest absolute Gasteiger partial charge is 0.332 e. The number of amides is 2. The number of carbonyl (C=O) groups is 2. The Hall–Kier alpha value is -1.34. The summed E-state index contributed by atoms with van der Waals surface area (Å²) < 4.78 is 0. The topological polar surface area (TPSA) is 110 Å². The first kappa shape index (κ1) is 15.7. The monoisotopic (exact) mass is 248 g/mol. The van der Waals surface area contributed by atoms with Gasteiger partial charge in [0.2, 0.25) is 0 Å². The maximum Gasteiger partial charge on any atom is 0.332 e. The number of carboxylic acids is 1. The first-order chi connectivity index (χ1) is 7.72. The molecule has 0 aliphatic heterocycles. The summed E-state index contributed by atoms with van der Waals surface area (Å²) in [5, 5.41) is 28.9. The summed E-state index contributed by atoms with van der Waals surface area (Å²) in [7, 11) is 1.53.